The van der Waals surface area contributed by atoms with E-state index in [-0.39, 0.29) is 30.2 Å². The molecule has 1 amide bonds. The van der Waals surface area contributed by atoms with Crippen LogP contribution in [0.15, 0.2) is 24.3 Å². The second-order valence-electron chi connectivity index (χ2n) is 4.42. The maximum atomic E-state index is 12.8. The van der Waals surface area contributed by atoms with E-state index in [1.54, 1.807) is 4.90 Å². The molecule has 2 rings (SSSR count). The molecule has 5 heteroatoms. The van der Waals surface area contributed by atoms with Crippen molar-refractivity contribution in [1.82, 2.24) is 10.2 Å². The molecule has 1 N–H and O–H groups in total. The van der Waals surface area contributed by atoms with Gasteiger partial charge in [0.15, 0.2) is 0 Å². The molecule has 1 fully saturated rings. The number of rotatable bonds is 2. The summed E-state index contributed by atoms with van der Waals surface area (Å²) in [4.78, 5) is 13.9. The minimum atomic E-state index is -0.316. The highest BCUT2D eigenvalue weighted by Crippen LogP contribution is 2.13. The Hall–Kier alpha value is -1.13. The lowest BCUT2D eigenvalue weighted by Crippen LogP contribution is -2.46. The van der Waals surface area contributed by atoms with Crippen molar-refractivity contribution in [2.24, 2.45) is 0 Å². The van der Waals surface area contributed by atoms with Crippen LogP contribution in [0, 0.1) is 5.82 Å². The van der Waals surface area contributed by atoms with Crippen LogP contribution in [-0.2, 0) is 0 Å². The summed E-state index contributed by atoms with van der Waals surface area (Å²) in [6, 6.07) is 5.94. The predicted octanol–water partition coefficient (Wildman–Crippen LogP) is 2.07. The fourth-order valence-electron chi connectivity index (χ4n) is 2.13. The zero-order valence-corrected chi connectivity index (χ0v) is 11.2. The van der Waals surface area contributed by atoms with Gasteiger partial charge < -0.3 is 10.2 Å². The summed E-state index contributed by atoms with van der Waals surface area (Å²) in [5, 5.41) is 3.28. The summed E-state index contributed by atoms with van der Waals surface area (Å²) in [7, 11) is 1.81. The van der Waals surface area contributed by atoms with E-state index in [1.807, 2.05) is 7.05 Å². The maximum absolute atomic E-state index is 12.8. The van der Waals surface area contributed by atoms with Crippen molar-refractivity contribution < 1.29 is 9.18 Å². The van der Waals surface area contributed by atoms with E-state index in [0.29, 0.717) is 5.56 Å². The zero-order valence-electron chi connectivity index (χ0n) is 10.4. The van der Waals surface area contributed by atoms with Crippen molar-refractivity contribution in [1.29, 1.82) is 0 Å². The Labute approximate surface area is 113 Å². The molecule has 1 aromatic carbocycles. The molecule has 1 saturated heterocycles. The van der Waals surface area contributed by atoms with Crippen LogP contribution in [0.1, 0.15) is 23.2 Å². The van der Waals surface area contributed by atoms with E-state index in [2.05, 4.69) is 5.32 Å². The number of halogens is 2. The Morgan fingerprint density at radius 1 is 1.39 bits per heavy atom. The molecule has 0 aliphatic carbocycles. The van der Waals surface area contributed by atoms with Gasteiger partial charge in [0, 0.05) is 25.2 Å². The molecule has 0 radical (unpaired) electrons. The summed E-state index contributed by atoms with van der Waals surface area (Å²) in [6.07, 6.45) is 2.11. The summed E-state index contributed by atoms with van der Waals surface area (Å²) >= 11 is 0. The normalized spacial score (nSPS) is 18.9. The Morgan fingerprint density at radius 3 is 2.61 bits per heavy atom. The first-order chi connectivity index (χ1) is 8.18. The highest BCUT2D eigenvalue weighted by Gasteiger charge is 2.22. The van der Waals surface area contributed by atoms with Gasteiger partial charge in [-0.25, -0.2) is 4.39 Å². The molecule has 0 aromatic heterocycles. The molecule has 0 bridgehead atoms. The number of piperidine rings is 1. The van der Waals surface area contributed by atoms with Crippen molar-refractivity contribution in [2.75, 3.05) is 20.1 Å². The molecule has 3 nitrogen and oxygen atoms in total. The van der Waals surface area contributed by atoms with E-state index in [0.717, 1.165) is 25.9 Å². The van der Waals surface area contributed by atoms with Gasteiger partial charge in [-0.2, -0.15) is 0 Å². The number of nitrogens with one attached hydrogen (secondary N) is 1. The predicted molar refractivity (Wildman–Crippen MR) is 71.6 cm³/mol. The molecular formula is C13H18ClFN2O. The van der Waals surface area contributed by atoms with Crippen LogP contribution in [-0.4, -0.2) is 37.0 Å². The van der Waals surface area contributed by atoms with E-state index >= 15 is 0 Å². The van der Waals surface area contributed by atoms with Gasteiger partial charge >= 0.3 is 0 Å². The molecule has 100 valence electrons. The van der Waals surface area contributed by atoms with Gasteiger partial charge in [-0.05, 0) is 43.7 Å². The second kappa shape index (κ2) is 6.71. The van der Waals surface area contributed by atoms with Crippen molar-refractivity contribution in [3.63, 3.8) is 0 Å². The van der Waals surface area contributed by atoms with Crippen molar-refractivity contribution in [2.45, 2.75) is 18.9 Å². The number of nitrogens with zero attached hydrogens (tertiary/aromatic N) is 1. The number of hydrogen-bond donors (Lipinski definition) is 1. The van der Waals surface area contributed by atoms with E-state index in [4.69, 9.17) is 0 Å². The Balaban J connectivity index is 0.00000162. The van der Waals surface area contributed by atoms with Gasteiger partial charge in [-0.15, -0.1) is 12.4 Å². The summed E-state index contributed by atoms with van der Waals surface area (Å²) in [6.45, 7) is 1.86. The van der Waals surface area contributed by atoms with Crippen molar-refractivity contribution in [3.05, 3.63) is 35.6 Å². The minimum Gasteiger partial charge on any atom is -0.337 e. The third kappa shape index (κ3) is 3.43. The van der Waals surface area contributed by atoms with Gasteiger partial charge in [0.1, 0.15) is 5.82 Å². The lowest BCUT2D eigenvalue weighted by atomic mass is 10.1. The summed E-state index contributed by atoms with van der Waals surface area (Å²) < 4.78 is 12.8. The number of amides is 1. The molecule has 1 aliphatic rings. The van der Waals surface area contributed by atoms with Crippen LogP contribution in [0.5, 0.6) is 0 Å². The standard InChI is InChI=1S/C13H17FN2O.ClH/c1-16(12-3-2-8-15-9-12)13(17)10-4-6-11(14)7-5-10;/h4-7,12,15H,2-3,8-9H2,1H3;1H/t12-;/m0./s1. The smallest absolute Gasteiger partial charge is 0.253 e. The van der Waals surface area contributed by atoms with Crippen molar-refractivity contribution >= 4 is 18.3 Å². The van der Waals surface area contributed by atoms with Crippen LogP contribution in [0.2, 0.25) is 0 Å². The second-order valence-corrected chi connectivity index (χ2v) is 4.42. The molecule has 1 aliphatic heterocycles. The van der Waals surface area contributed by atoms with E-state index in [9.17, 15) is 9.18 Å². The molecule has 1 heterocycles. The highest BCUT2D eigenvalue weighted by atomic mass is 35.5. The van der Waals surface area contributed by atoms with Gasteiger partial charge in [0.05, 0.1) is 0 Å². The van der Waals surface area contributed by atoms with Crippen LogP contribution in [0.4, 0.5) is 4.39 Å². The minimum absolute atomic E-state index is 0. The number of benzene rings is 1. The zero-order chi connectivity index (χ0) is 12.3. The third-order valence-corrected chi connectivity index (χ3v) is 3.23. The molecule has 0 spiro atoms. The largest absolute Gasteiger partial charge is 0.337 e. The summed E-state index contributed by atoms with van der Waals surface area (Å²) in [5.41, 5.74) is 0.541. The maximum Gasteiger partial charge on any atom is 0.253 e. The van der Waals surface area contributed by atoms with Crippen LogP contribution >= 0.6 is 12.4 Å². The first-order valence-corrected chi connectivity index (χ1v) is 5.92. The molecule has 1 aromatic rings. The third-order valence-electron chi connectivity index (χ3n) is 3.23. The van der Waals surface area contributed by atoms with Gasteiger partial charge in [0.2, 0.25) is 0 Å². The highest BCUT2D eigenvalue weighted by molar-refractivity contribution is 5.94. The quantitative estimate of drug-likeness (QED) is 0.894. The van der Waals surface area contributed by atoms with Crippen LogP contribution in [0.25, 0.3) is 0 Å². The Bertz CT molecular complexity index is 390. The lowest BCUT2D eigenvalue weighted by molar-refractivity contribution is 0.0708. The van der Waals surface area contributed by atoms with Gasteiger partial charge in [0.25, 0.3) is 5.91 Å². The van der Waals surface area contributed by atoms with E-state index < -0.39 is 0 Å². The fourth-order valence-corrected chi connectivity index (χ4v) is 2.13. The molecule has 18 heavy (non-hydrogen) atoms. The number of carbonyl (C=O) groups excluding carboxylic acids is 1. The van der Waals surface area contributed by atoms with Crippen molar-refractivity contribution in [3.8, 4) is 0 Å². The van der Waals surface area contributed by atoms with Crippen LogP contribution in [0.3, 0.4) is 0 Å². The lowest BCUT2D eigenvalue weighted by Gasteiger charge is -2.31. The Kier molecular flexibility index (Phi) is 5.56. The molecule has 0 saturated carbocycles. The van der Waals surface area contributed by atoms with Gasteiger partial charge in [-0.3, -0.25) is 4.79 Å². The average molecular weight is 273 g/mol. The monoisotopic (exact) mass is 272 g/mol. The van der Waals surface area contributed by atoms with Gasteiger partial charge in [-0.1, -0.05) is 0 Å². The number of hydrogen-bond acceptors (Lipinski definition) is 2. The fraction of sp³-hybridized carbons (Fsp3) is 0.462. The summed E-state index contributed by atoms with van der Waals surface area (Å²) in [5.74, 6) is -0.359. The first kappa shape index (κ1) is 14.9. The number of carbonyl (C=O) groups is 1. The first-order valence-electron chi connectivity index (χ1n) is 5.92. The molecular weight excluding hydrogens is 255 g/mol. The Morgan fingerprint density at radius 2 is 2.06 bits per heavy atom. The topological polar surface area (TPSA) is 32.3 Å². The average Bonchev–Trinajstić information content (AvgIpc) is 2.39. The molecule has 1 atom stereocenters. The number of likely N-dealkylation sites (N-methyl/N-ethyl adjacent to an activating group) is 1. The van der Waals surface area contributed by atoms with E-state index in [1.165, 1.54) is 24.3 Å². The SMILES string of the molecule is CN(C(=O)c1ccc(F)cc1)[C@H]1CCCNC1.Cl. The molecule has 0 unspecified atom stereocenters. The van der Waals surface area contributed by atoms with Crippen LogP contribution < -0.4 is 5.32 Å².